The van der Waals surface area contributed by atoms with E-state index < -0.39 is 23.9 Å². The fraction of sp³-hybridized carbons (Fsp3) is 0.250. The van der Waals surface area contributed by atoms with Gasteiger partial charge in [-0.3, -0.25) is 14.5 Å². The van der Waals surface area contributed by atoms with Crippen molar-refractivity contribution in [3.63, 3.8) is 0 Å². The molecule has 1 fully saturated rings. The molecule has 140 valence electrons. The van der Waals surface area contributed by atoms with Gasteiger partial charge in [0.15, 0.2) is 0 Å². The van der Waals surface area contributed by atoms with Gasteiger partial charge in [-0.05, 0) is 30.2 Å². The molecule has 0 radical (unpaired) electrons. The number of nitrogens with zero attached hydrogens (tertiary/aromatic N) is 1. The van der Waals surface area contributed by atoms with Crippen molar-refractivity contribution in [3.8, 4) is 0 Å². The fourth-order valence-corrected chi connectivity index (χ4v) is 3.11. The fourth-order valence-electron chi connectivity index (χ4n) is 2.98. The summed E-state index contributed by atoms with van der Waals surface area (Å²) in [6, 6.07) is 15.1. The van der Waals surface area contributed by atoms with Crippen molar-refractivity contribution in [3.05, 3.63) is 70.7 Å². The summed E-state index contributed by atoms with van der Waals surface area (Å²) in [7, 11) is 0. The van der Waals surface area contributed by atoms with Gasteiger partial charge >= 0.3 is 6.03 Å². The van der Waals surface area contributed by atoms with Crippen molar-refractivity contribution in [2.75, 3.05) is 6.54 Å². The van der Waals surface area contributed by atoms with Crippen LogP contribution in [-0.2, 0) is 16.0 Å². The van der Waals surface area contributed by atoms with Crippen LogP contribution in [0.2, 0.25) is 5.02 Å². The van der Waals surface area contributed by atoms with E-state index in [4.69, 9.17) is 11.6 Å². The molecule has 1 aliphatic heterocycles. The van der Waals surface area contributed by atoms with Crippen LogP contribution in [0.25, 0.3) is 0 Å². The zero-order valence-electron chi connectivity index (χ0n) is 14.8. The van der Waals surface area contributed by atoms with Crippen molar-refractivity contribution in [2.45, 2.75) is 25.4 Å². The van der Waals surface area contributed by atoms with Crippen LogP contribution in [-0.4, -0.2) is 35.3 Å². The van der Waals surface area contributed by atoms with E-state index in [2.05, 4.69) is 10.6 Å². The Bertz CT molecular complexity index is 839. The number of halogens is 1. The minimum Gasteiger partial charge on any atom is -0.348 e. The van der Waals surface area contributed by atoms with Crippen LogP contribution in [0.1, 0.15) is 24.1 Å². The maximum Gasteiger partial charge on any atom is 0.325 e. The van der Waals surface area contributed by atoms with Gasteiger partial charge in [0.1, 0.15) is 12.6 Å². The Balaban J connectivity index is 1.58. The average molecular weight is 386 g/mol. The normalized spacial score (nSPS) is 17.6. The summed E-state index contributed by atoms with van der Waals surface area (Å²) in [5.74, 6) is -0.792. The monoisotopic (exact) mass is 385 g/mol. The second-order valence-corrected chi connectivity index (χ2v) is 6.89. The molecule has 3 rings (SSSR count). The number of urea groups is 1. The first-order valence-corrected chi connectivity index (χ1v) is 9.02. The number of imide groups is 1. The van der Waals surface area contributed by atoms with Crippen LogP contribution >= 0.6 is 11.6 Å². The molecular formula is C20H20ClN3O3. The highest BCUT2D eigenvalue weighted by atomic mass is 35.5. The molecule has 1 heterocycles. The second-order valence-electron chi connectivity index (χ2n) is 6.46. The highest BCUT2D eigenvalue weighted by molar-refractivity contribution is 6.30. The van der Waals surface area contributed by atoms with Gasteiger partial charge in [-0.2, -0.15) is 0 Å². The van der Waals surface area contributed by atoms with Crippen molar-refractivity contribution < 1.29 is 14.4 Å². The molecule has 0 bridgehead atoms. The zero-order chi connectivity index (χ0) is 19.4. The zero-order valence-corrected chi connectivity index (χ0v) is 15.6. The number of carbonyl (C=O) groups is 3. The van der Waals surface area contributed by atoms with Crippen molar-refractivity contribution in [1.29, 1.82) is 0 Å². The molecule has 6 nitrogen and oxygen atoms in total. The van der Waals surface area contributed by atoms with Gasteiger partial charge in [0.2, 0.25) is 5.91 Å². The van der Waals surface area contributed by atoms with Crippen molar-refractivity contribution in [2.24, 2.45) is 0 Å². The Kier molecular flexibility index (Phi) is 5.76. The minimum atomic E-state index is -0.651. The maximum absolute atomic E-state index is 12.5. The lowest BCUT2D eigenvalue weighted by Gasteiger charge is -2.17. The highest BCUT2D eigenvalue weighted by Gasteiger charge is 2.38. The molecule has 1 saturated heterocycles. The molecule has 0 aliphatic carbocycles. The summed E-state index contributed by atoms with van der Waals surface area (Å²) >= 11 is 5.86. The molecule has 27 heavy (non-hydrogen) atoms. The van der Waals surface area contributed by atoms with Gasteiger partial charge in [0.25, 0.3) is 5.91 Å². The summed E-state index contributed by atoms with van der Waals surface area (Å²) < 4.78 is 0. The van der Waals surface area contributed by atoms with E-state index in [1.807, 2.05) is 49.4 Å². The third-order valence-corrected chi connectivity index (χ3v) is 4.69. The Morgan fingerprint density at radius 2 is 1.81 bits per heavy atom. The summed E-state index contributed by atoms with van der Waals surface area (Å²) in [4.78, 5) is 37.9. The SMILES string of the molecule is C[C@@H](NC(=O)CN1C(=O)N[C@H](Cc2ccccc2)C1=O)c1ccc(Cl)cc1. The first-order chi connectivity index (χ1) is 12.9. The summed E-state index contributed by atoms with van der Waals surface area (Å²) in [6.07, 6.45) is 0.394. The lowest BCUT2D eigenvalue weighted by Crippen LogP contribution is -2.42. The van der Waals surface area contributed by atoms with E-state index in [1.54, 1.807) is 12.1 Å². The molecule has 2 aromatic carbocycles. The Hall–Kier alpha value is -2.86. The van der Waals surface area contributed by atoms with Crippen LogP contribution < -0.4 is 10.6 Å². The lowest BCUT2D eigenvalue weighted by molar-refractivity contribution is -0.132. The molecule has 0 aromatic heterocycles. The van der Waals surface area contributed by atoms with E-state index in [-0.39, 0.29) is 12.6 Å². The van der Waals surface area contributed by atoms with E-state index in [1.165, 1.54) is 0 Å². The molecule has 0 unspecified atom stereocenters. The molecule has 2 atom stereocenters. The molecule has 1 aliphatic rings. The number of nitrogens with one attached hydrogen (secondary N) is 2. The van der Waals surface area contributed by atoms with Gasteiger partial charge < -0.3 is 10.6 Å². The largest absolute Gasteiger partial charge is 0.348 e. The van der Waals surface area contributed by atoms with E-state index in [0.29, 0.717) is 11.4 Å². The molecule has 7 heteroatoms. The Morgan fingerprint density at radius 1 is 1.15 bits per heavy atom. The van der Waals surface area contributed by atoms with Gasteiger partial charge in [-0.1, -0.05) is 54.1 Å². The third kappa shape index (κ3) is 4.65. The van der Waals surface area contributed by atoms with Crippen LogP contribution in [0.5, 0.6) is 0 Å². The molecule has 4 amide bonds. The second kappa shape index (κ2) is 8.22. The molecule has 2 aromatic rings. The van der Waals surface area contributed by atoms with E-state index in [9.17, 15) is 14.4 Å². The number of benzene rings is 2. The Labute approximate surface area is 162 Å². The topological polar surface area (TPSA) is 78.5 Å². The highest BCUT2D eigenvalue weighted by Crippen LogP contribution is 2.16. The average Bonchev–Trinajstić information content (AvgIpc) is 2.90. The summed E-state index contributed by atoms with van der Waals surface area (Å²) in [5, 5.41) is 6.05. The van der Waals surface area contributed by atoms with E-state index in [0.717, 1.165) is 16.0 Å². The minimum absolute atomic E-state index is 0.268. The molecular weight excluding hydrogens is 366 g/mol. The number of amides is 4. The quantitative estimate of drug-likeness (QED) is 0.750. The van der Waals surface area contributed by atoms with Crippen LogP contribution in [0.4, 0.5) is 4.79 Å². The van der Waals surface area contributed by atoms with E-state index >= 15 is 0 Å². The number of hydrogen-bond acceptors (Lipinski definition) is 3. The first-order valence-electron chi connectivity index (χ1n) is 8.64. The maximum atomic E-state index is 12.5. The lowest BCUT2D eigenvalue weighted by atomic mass is 10.1. The Morgan fingerprint density at radius 3 is 2.48 bits per heavy atom. The van der Waals surface area contributed by atoms with Crippen LogP contribution in [0.15, 0.2) is 54.6 Å². The van der Waals surface area contributed by atoms with Crippen molar-refractivity contribution >= 4 is 29.4 Å². The predicted octanol–water partition coefficient (Wildman–Crippen LogP) is 2.68. The number of rotatable bonds is 6. The van der Waals surface area contributed by atoms with Gasteiger partial charge in [-0.25, -0.2) is 4.79 Å². The first kappa shape index (κ1) is 18.9. The van der Waals surface area contributed by atoms with Gasteiger partial charge in [0, 0.05) is 11.4 Å². The van der Waals surface area contributed by atoms with Crippen LogP contribution in [0, 0.1) is 0 Å². The standard InChI is InChI=1S/C20H20ClN3O3/c1-13(15-7-9-16(21)10-8-15)22-18(25)12-24-19(26)17(23-20(24)27)11-14-5-3-2-4-6-14/h2-10,13,17H,11-12H2,1H3,(H,22,25)(H,23,27)/t13-,17-/m1/s1. The number of carbonyl (C=O) groups excluding carboxylic acids is 3. The third-order valence-electron chi connectivity index (χ3n) is 4.44. The number of hydrogen-bond donors (Lipinski definition) is 2. The van der Waals surface area contributed by atoms with Gasteiger partial charge in [0.05, 0.1) is 6.04 Å². The smallest absolute Gasteiger partial charge is 0.325 e. The molecule has 0 spiro atoms. The molecule has 0 saturated carbocycles. The van der Waals surface area contributed by atoms with Gasteiger partial charge in [-0.15, -0.1) is 0 Å². The summed E-state index contributed by atoms with van der Waals surface area (Å²) in [6.45, 7) is 1.51. The summed E-state index contributed by atoms with van der Waals surface area (Å²) in [5.41, 5.74) is 1.82. The van der Waals surface area contributed by atoms with Crippen LogP contribution in [0.3, 0.4) is 0 Å². The predicted molar refractivity (Wildman–Crippen MR) is 102 cm³/mol. The molecule has 2 N–H and O–H groups in total. The van der Waals surface area contributed by atoms with Crippen molar-refractivity contribution in [1.82, 2.24) is 15.5 Å².